The van der Waals surface area contributed by atoms with Gasteiger partial charge in [0.15, 0.2) is 0 Å². The summed E-state index contributed by atoms with van der Waals surface area (Å²) < 4.78 is 1.98. The van der Waals surface area contributed by atoms with Gasteiger partial charge in [-0.15, -0.1) is 0 Å². The van der Waals surface area contributed by atoms with Crippen LogP contribution in [0.4, 0.5) is 0 Å². The van der Waals surface area contributed by atoms with Crippen LogP contribution in [0, 0.1) is 0 Å². The Hall–Kier alpha value is -0.841. The zero-order chi connectivity index (χ0) is 11.6. The monoisotopic (exact) mass is 321 g/mol. The number of hydrogen-bond donors (Lipinski definition) is 1. The number of H-pyrrole nitrogens is 1. The molecule has 0 bridgehead atoms. The molecule has 0 aliphatic heterocycles. The van der Waals surface area contributed by atoms with Crippen LogP contribution in [0.15, 0.2) is 30.6 Å². The molecule has 2 radical (unpaired) electrons. The second-order valence-corrected chi connectivity index (χ2v) is 11.4. The SMILES string of the molecule is C[C](C)(C)[Sn][c]1cccc(-c2ncn[nH]2)c1. The summed E-state index contributed by atoms with van der Waals surface area (Å²) in [5, 5.41) is 6.78. The number of hydrogen-bond acceptors (Lipinski definition) is 2. The van der Waals surface area contributed by atoms with Crippen LogP contribution in [0.25, 0.3) is 11.4 Å². The average molecular weight is 320 g/mol. The molecule has 1 aromatic carbocycles. The molecule has 0 unspecified atom stereocenters. The van der Waals surface area contributed by atoms with E-state index in [9.17, 15) is 0 Å². The van der Waals surface area contributed by atoms with Crippen molar-refractivity contribution >= 4 is 24.7 Å². The number of benzene rings is 1. The van der Waals surface area contributed by atoms with Gasteiger partial charge in [-0.1, -0.05) is 0 Å². The zero-order valence-electron chi connectivity index (χ0n) is 9.78. The standard InChI is InChI=1S/C8H6N3.C4H9.Sn/c1-2-4-7(5-3-1)8-9-6-10-11-8;1-4(2)3;/h1-2,4-6H,(H,9,10,11);1-3H3;. The molecule has 0 atom stereocenters. The molecule has 1 heterocycles. The van der Waals surface area contributed by atoms with Crippen molar-refractivity contribution in [3.05, 3.63) is 30.6 Å². The third kappa shape index (κ3) is 3.07. The van der Waals surface area contributed by atoms with Gasteiger partial charge in [-0.25, -0.2) is 0 Å². The Morgan fingerprint density at radius 1 is 1.25 bits per heavy atom. The van der Waals surface area contributed by atoms with Gasteiger partial charge < -0.3 is 0 Å². The van der Waals surface area contributed by atoms with Gasteiger partial charge in [0.2, 0.25) is 0 Å². The van der Waals surface area contributed by atoms with Crippen LogP contribution < -0.4 is 3.58 Å². The maximum atomic E-state index is 4.18. The summed E-state index contributed by atoms with van der Waals surface area (Å²) in [6.07, 6.45) is 1.55. The Morgan fingerprint density at radius 2 is 2.06 bits per heavy atom. The van der Waals surface area contributed by atoms with Crippen molar-refractivity contribution in [1.29, 1.82) is 0 Å². The van der Waals surface area contributed by atoms with Crippen LogP contribution in [-0.2, 0) is 0 Å². The average Bonchev–Trinajstić information content (AvgIpc) is 2.68. The maximum absolute atomic E-state index is 4.18. The Balaban J connectivity index is 2.27. The Kier molecular flexibility index (Phi) is 3.33. The van der Waals surface area contributed by atoms with E-state index in [2.05, 4.69) is 60.2 Å². The van der Waals surface area contributed by atoms with Crippen molar-refractivity contribution in [3.63, 3.8) is 0 Å². The molecule has 0 aliphatic rings. The summed E-state index contributed by atoms with van der Waals surface area (Å²) in [6.45, 7) is 6.96. The fourth-order valence-electron chi connectivity index (χ4n) is 1.52. The van der Waals surface area contributed by atoms with Gasteiger partial charge in [-0.05, 0) is 0 Å². The first-order valence-corrected chi connectivity index (χ1v) is 8.14. The molecule has 0 aliphatic carbocycles. The molecule has 16 heavy (non-hydrogen) atoms. The van der Waals surface area contributed by atoms with Gasteiger partial charge >= 0.3 is 106 Å². The second kappa shape index (κ2) is 4.57. The van der Waals surface area contributed by atoms with Gasteiger partial charge in [-0.3, -0.25) is 0 Å². The molecule has 1 aromatic heterocycles. The van der Waals surface area contributed by atoms with Gasteiger partial charge in [0.05, 0.1) is 0 Å². The number of rotatable bonds is 2. The predicted octanol–water partition coefficient (Wildman–Crippen LogP) is 2.02. The van der Waals surface area contributed by atoms with Crippen LogP contribution in [-0.4, -0.2) is 36.3 Å². The Labute approximate surface area is 106 Å². The molecular weight excluding hydrogens is 305 g/mol. The molecule has 0 spiro atoms. The third-order valence-electron chi connectivity index (χ3n) is 2.07. The minimum atomic E-state index is -0.538. The van der Waals surface area contributed by atoms with Crippen molar-refractivity contribution in [2.45, 2.75) is 24.2 Å². The fraction of sp³-hybridized carbons (Fsp3) is 0.333. The summed E-state index contributed by atoms with van der Waals surface area (Å²) in [5.41, 5.74) is 1.14. The van der Waals surface area contributed by atoms with Gasteiger partial charge in [0.25, 0.3) is 0 Å². The first-order valence-electron chi connectivity index (χ1n) is 5.28. The van der Waals surface area contributed by atoms with E-state index in [-0.39, 0.29) is 0 Å². The molecule has 82 valence electrons. The van der Waals surface area contributed by atoms with E-state index in [1.807, 2.05) is 0 Å². The summed E-state index contributed by atoms with van der Waals surface area (Å²) in [4.78, 5) is 4.18. The van der Waals surface area contributed by atoms with E-state index < -0.39 is 21.1 Å². The zero-order valence-corrected chi connectivity index (χ0v) is 12.6. The summed E-state index contributed by atoms with van der Waals surface area (Å²) in [7, 11) is 0. The molecule has 2 aromatic rings. The number of nitrogens with zero attached hydrogens (tertiary/aromatic N) is 2. The van der Waals surface area contributed by atoms with E-state index in [1.54, 1.807) is 6.33 Å². The summed E-state index contributed by atoms with van der Waals surface area (Å²) in [6, 6.07) is 8.67. The van der Waals surface area contributed by atoms with Gasteiger partial charge in [0.1, 0.15) is 0 Å². The van der Waals surface area contributed by atoms with E-state index in [0.717, 1.165) is 11.4 Å². The van der Waals surface area contributed by atoms with Crippen LogP contribution >= 0.6 is 0 Å². The molecular formula is C12H15N3Sn. The Morgan fingerprint density at radius 3 is 2.69 bits per heavy atom. The van der Waals surface area contributed by atoms with Crippen molar-refractivity contribution in [2.24, 2.45) is 0 Å². The normalized spacial score (nSPS) is 11.7. The summed E-state index contributed by atoms with van der Waals surface area (Å²) in [5.74, 6) is 0.857. The fourth-order valence-corrected chi connectivity index (χ4v) is 5.16. The minimum absolute atomic E-state index is 0.476. The predicted molar refractivity (Wildman–Crippen MR) is 66.9 cm³/mol. The molecule has 3 nitrogen and oxygen atoms in total. The van der Waals surface area contributed by atoms with Gasteiger partial charge in [0, 0.05) is 0 Å². The van der Waals surface area contributed by atoms with Crippen molar-refractivity contribution in [3.8, 4) is 11.4 Å². The quantitative estimate of drug-likeness (QED) is 0.860. The number of aromatic nitrogens is 3. The topological polar surface area (TPSA) is 41.6 Å². The molecule has 0 saturated heterocycles. The van der Waals surface area contributed by atoms with Crippen molar-refractivity contribution in [1.82, 2.24) is 15.2 Å². The first-order chi connectivity index (χ1) is 7.54. The molecule has 1 N–H and O–H groups in total. The van der Waals surface area contributed by atoms with Gasteiger partial charge in [-0.2, -0.15) is 0 Å². The van der Waals surface area contributed by atoms with Crippen LogP contribution in [0.5, 0.6) is 0 Å². The van der Waals surface area contributed by atoms with Crippen molar-refractivity contribution in [2.75, 3.05) is 0 Å². The molecule has 2 rings (SSSR count). The second-order valence-electron chi connectivity index (χ2n) is 4.79. The van der Waals surface area contributed by atoms with E-state index >= 15 is 0 Å². The molecule has 0 saturated carbocycles. The number of nitrogens with one attached hydrogen (secondary N) is 1. The molecule has 0 fully saturated rings. The van der Waals surface area contributed by atoms with Crippen LogP contribution in [0.2, 0.25) is 3.43 Å². The first kappa shape index (κ1) is 11.6. The third-order valence-corrected chi connectivity index (χ3v) is 5.92. The summed E-state index contributed by atoms with van der Waals surface area (Å²) >= 11 is -0.538. The van der Waals surface area contributed by atoms with E-state index in [1.165, 1.54) is 3.58 Å². The van der Waals surface area contributed by atoms with E-state index in [0.29, 0.717) is 3.43 Å². The van der Waals surface area contributed by atoms with E-state index in [4.69, 9.17) is 0 Å². The van der Waals surface area contributed by atoms with Crippen LogP contribution in [0.1, 0.15) is 20.8 Å². The Bertz CT molecular complexity index is 457. The van der Waals surface area contributed by atoms with Crippen LogP contribution in [0.3, 0.4) is 0 Å². The number of aromatic amines is 1. The van der Waals surface area contributed by atoms with Crippen molar-refractivity contribution < 1.29 is 0 Å². The molecule has 0 amide bonds. The molecule has 4 heteroatoms.